The summed E-state index contributed by atoms with van der Waals surface area (Å²) in [6, 6.07) is 9.94. The van der Waals surface area contributed by atoms with Gasteiger partial charge in [0.25, 0.3) is 5.91 Å². The maximum absolute atomic E-state index is 13.9. The molecular formula is C37H43F6N5O5S2. The normalized spacial score (nSPS) is 19.3. The minimum Gasteiger partial charge on any atom is -0.507 e. The van der Waals surface area contributed by atoms with E-state index >= 15 is 0 Å². The van der Waals surface area contributed by atoms with Crippen LogP contribution < -0.4 is 4.72 Å². The van der Waals surface area contributed by atoms with Crippen molar-refractivity contribution in [2.45, 2.75) is 82.1 Å². The SMILES string of the molecule is C=C(C(=O)N1CCCC(C(=O)N2CCC(C#N)(c3ccccc3CCC(=O)NS(C)=O)CC2)C1CCC)/C(=C\C=N)C(F)(F)F.Oc1csc(C(F)(F)F)c1. The van der Waals surface area contributed by atoms with Crippen LogP contribution in [0, 0.1) is 22.7 Å². The van der Waals surface area contributed by atoms with E-state index in [9.17, 15) is 50.2 Å². The highest BCUT2D eigenvalue weighted by Gasteiger charge is 2.45. The van der Waals surface area contributed by atoms with Crippen molar-refractivity contribution in [3.63, 3.8) is 0 Å². The molecule has 0 aliphatic carbocycles. The highest BCUT2D eigenvalue weighted by atomic mass is 32.2. The number of nitrogens with zero attached hydrogens (tertiary/aromatic N) is 3. The monoisotopic (exact) mass is 815 g/mol. The molecule has 3 atom stereocenters. The molecule has 3 amide bonds. The molecule has 1 aromatic heterocycles. The van der Waals surface area contributed by atoms with Crippen LogP contribution in [0.2, 0.25) is 0 Å². The van der Waals surface area contributed by atoms with Crippen molar-refractivity contribution < 1.29 is 50.0 Å². The number of halogens is 6. The van der Waals surface area contributed by atoms with Crippen LogP contribution >= 0.6 is 11.3 Å². The van der Waals surface area contributed by atoms with Crippen LogP contribution in [0.25, 0.3) is 0 Å². The molecule has 2 saturated heterocycles. The number of carbonyl (C=O) groups excluding carboxylic acids is 3. The van der Waals surface area contributed by atoms with E-state index in [1.54, 1.807) is 4.90 Å². The quantitative estimate of drug-likeness (QED) is 0.0963. The standard InChI is InChI=1S/C32H40F3N5O4S.C5H3F3OS/c1-4-8-27-24(10-7-18-40(27)29(42)22(2)25(14-17-36)32(33,34)35)30(43)39-19-15-31(21-37,16-20-39)26-11-6-5-9-23(26)12-13-28(41)38-45(3)44;6-5(7,8)4-1-3(9)2-10-4/h5-6,9,11,14,17,24,27,36H,2,4,7-8,10,12-13,15-16,18-20H2,1,3H3,(H,38,41);1-2,9H/b25-14+,36-17?;. The van der Waals surface area contributed by atoms with Crippen molar-refractivity contribution in [3.05, 3.63) is 75.5 Å². The smallest absolute Gasteiger partial charge is 0.425 e. The number of allylic oxidation sites excluding steroid dienone is 1. The lowest BCUT2D eigenvalue weighted by Gasteiger charge is -2.45. The Morgan fingerprint density at radius 1 is 1.16 bits per heavy atom. The van der Waals surface area contributed by atoms with Gasteiger partial charge >= 0.3 is 12.4 Å². The van der Waals surface area contributed by atoms with Gasteiger partial charge in [0, 0.05) is 61.6 Å². The summed E-state index contributed by atoms with van der Waals surface area (Å²) in [5, 5.41) is 27.0. The minimum absolute atomic E-state index is 0.104. The van der Waals surface area contributed by atoms with Crippen LogP contribution in [-0.4, -0.2) is 81.2 Å². The highest BCUT2D eigenvalue weighted by Crippen LogP contribution is 2.40. The van der Waals surface area contributed by atoms with E-state index in [-0.39, 0.29) is 43.6 Å². The Morgan fingerprint density at radius 3 is 2.33 bits per heavy atom. The number of nitrogens with one attached hydrogen (secondary N) is 2. The first-order valence-electron chi connectivity index (χ1n) is 17.3. The maximum Gasteiger partial charge on any atom is 0.425 e. The summed E-state index contributed by atoms with van der Waals surface area (Å²) in [5.74, 6) is -2.39. The Morgan fingerprint density at radius 2 is 1.82 bits per heavy atom. The number of nitriles is 1. The fourth-order valence-corrected chi connectivity index (χ4v) is 7.97. The molecule has 4 rings (SSSR count). The van der Waals surface area contributed by atoms with Crippen molar-refractivity contribution in [3.8, 4) is 11.8 Å². The van der Waals surface area contributed by atoms with E-state index in [4.69, 9.17) is 10.5 Å². The van der Waals surface area contributed by atoms with Crippen molar-refractivity contribution >= 4 is 46.3 Å². The first kappa shape index (κ1) is 44.9. The van der Waals surface area contributed by atoms with Crippen LogP contribution in [0.1, 0.15) is 67.9 Å². The molecule has 3 heterocycles. The lowest BCUT2D eigenvalue weighted by molar-refractivity contribution is -0.145. The Kier molecular flexibility index (Phi) is 15.8. The van der Waals surface area contributed by atoms with Gasteiger partial charge in [-0.15, -0.1) is 11.3 Å². The summed E-state index contributed by atoms with van der Waals surface area (Å²) < 4.78 is 89.7. The molecule has 55 heavy (non-hydrogen) atoms. The lowest BCUT2D eigenvalue weighted by atomic mass is 9.71. The number of likely N-dealkylation sites (tertiary alicyclic amines) is 2. The minimum atomic E-state index is -4.86. The molecule has 1 aromatic carbocycles. The fourth-order valence-electron chi connectivity index (χ4n) is 6.91. The predicted molar refractivity (Wildman–Crippen MR) is 196 cm³/mol. The number of amides is 3. The Labute approximate surface area is 322 Å². The molecule has 3 unspecified atom stereocenters. The Bertz CT molecular complexity index is 1810. The molecular weight excluding hydrogens is 773 g/mol. The fraction of sp³-hybridized carbons (Fsp3) is 0.486. The molecule has 10 nitrogen and oxygen atoms in total. The van der Waals surface area contributed by atoms with Gasteiger partial charge in [-0.25, -0.2) is 4.21 Å². The van der Waals surface area contributed by atoms with Crippen LogP contribution in [-0.2, 0) is 43.4 Å². The zero-order valence-electron chi connectivity index (χ0n) is 30.3. The Hall–Kier alpha value is -4.50. The second-order valence-electron chi connectivity index (χ2n) is 13.1. The van der Waals surface area contributed by atoms with Gasteiger partial charge in [-0.2, -0.15) is 31.6 Å². The molecule has 0 saturated carbocycles. The Balaban J connectivity index is 0.000000701. The number of piperidine rings is 2. The van der Waals surface area contributed by atoms with Crippen LogP contribution in [0.5, 0.6) is 5.75 Å². The number of benzene rings is 1. The molecule has 2 aliphatic rings. The number of hydrogen-bond acceptors (Lipinski definition) is 8. The van der Waals surface area contributed by atoms with Crippen molar-refractivity contribution in [2.75, 3.05) is 25.9 Å². The first-order chi connectivity index (χ1) is 25.8. The topological polar surface area (TPSA) is 155 Å². The van der Waals surface area contributed by atoms with Gasteiger partial charge in [0.1, 0.15) is 21.6 Å². The molecule has 2 aromatic rings. The van der Waals surface area contributed by atoms with E-state index in [1.165, 1.54) is 11.2 Å². The molecule has 2 fully saturated rings. The largest absolute Gasteiger partial charge is 0.507 e. The second kappa shape index (κ2) is 19.4. The van der Waals surface area contributed by atoms with E-state index in [0.29, 0.717) is 74.6 Å². The number of rotatable bonds is 11. The molecule has 0 spiro atoms. The number of aromatic hydroxyl groups is 1. The average Bonchev–Trinajstić information content (AvgIpc) is 3.59. The van der Waals surface area contributed by atoms with Gasteiger partial charge in [0.15, 0.2) is 0 Å². The predicted octanol–water partition coefficient (Wildman–Crippen LogP) is 6.99. The molecule has 3 N–H and O–H groups in total. The second-order valence-corrected chi connectivity index (χ2v) is 15.2. The number of aryl methyl sites for hydroxylation is 1. The van der Waals surface area contributed by atoms with Gasteiger partial charge in [0.05, 0.1) is 23.0 Å². The van der Waals surface area contributed by atoms with E-state index in [0.717, 1.165) is 16.5 Å². The van der Waals surface area contributed by atoms with E-state index in [1.807, 2.05) is 31.2 Å². The van der Waals surface area contributed by atoms with E-state index in [2.05, 4.69) is 17.4 Å². The van der Waals surface area contributed by atoms with Gasteiger partial charge in [-0.05, 0) is 55.7 Å². The van der Waals surface area contributed by atoms with E-state index < -0.39 is 62.6 Å². The molecule has 300 valence electrons. The summed E-state index contributed by atoms with van der Waals surface area (Å²) in [6.45, 7) is 6.07. The van der Waals surface area contributed by atoms with Gasteiger partial charge in [0.2, 0.25) is 11.8 Å². The summed E-state index contributed by atoms with van der Waals surface area (Å²) >= 11 is 0.481. The highest BCUT2D eigenvalue weighted by molar-refractivity contribution is 7.82. The van der Waals surface area contributed by atoms with Crippen molar-refractivity contribution in [1.82, 2.24) is 14.5 Å². The average molecular weight is 816 g/mol. The summed E-state index contributed by atoms with van der Waals surface area (Å²) in [7, 11) is -1.47. The van der Waals surface area contributed by atoms with Crippen LogP contribution in [0.3, 0.4) is 0 Å². The van der Waals surface area contributed by atoms with Gasteiger partial charge < -0.3 is 20.3 Å². The van der Waals surface area contributed by atoms with Crippen LogP contribution in [0.15, 0.2) is 59.5 Å². The number of thiophene rings is 1. The van der Waals surface area contributed by atoms with Crippen molar-refractivity contribution in [2.24, 2.45) is 5.92 Å². The maximum atomic E-state index is 13.9. The number of hydrogen-bond donors (Lipinski definition) is 3. The zero-order chi connectivity index (χ0) is 41.1. The van der Waals surface area contributed by atoms with Crippen molar-refractivity contribution in [1.29, 1.82) is 10.7 Å². The molecule has 2 aliphatic heterocycles. The number of carbonyl (C=O) groups is 3. The third kappa shape index (κ3) is 11.7. The van der Waals surface area contributed by atoms with Gasteiger partial charge in [-0.1, -0.05) is 44.2 Å². The lowest BCUT2D eigenvalue weighted by Crippen LogP contribution is -2.55. The zero-order valence-corrected chi connectivity index (χ0v) is 31.9. The number of alkyl halides is 6. The summed E-state index contributed by atoms with van der Waals surface area (Å²) in [5.41, 5.74) is -1.30. The third-order valence-corrected chi connectivity index (χ3v) is 11.0. The molecule has 0 radical (unpaired) electrons. The molecule has 18 heteroatoms. The third-order valence-electron chi connectivity index (χ3n) is 9.50. The summed E-state index contributed by atoms with van der Waals surface area (Å²) in [4.78, 5) is 41.7. The first-order valence-corrected chi connectivity index (χ1v) is 19.8. The van der Waals surface area contributed by atoms with Crippen LogP contribution in [0.4, 0.5) is 26.3 Å². The van der Waals surface area contributed by atoms with Gasteiger partial charge in [-0.3, -0.25) is 19.1 Å². The molecule has 0 bridgehead atoms. The summed E-state index contributed by atoms with van der Waals surface area (Å²) in [6.07, 6.45) is -3.73.